The summed E-state index contributed by atoms with van der Waals surface area (Å²) in [6.07, 6.45) is 0.247. The average Bonchev–Trinajstić information content (AvgIpc) is 2.16. The molecular formula is C13H16N2O. The predicted octanol–water partition coefficient (Wildman–Crippen LogP) is 2.79. The first-order valence-electron chi connectivity index (χ1n) is 5.29. The van der Waals surface area contributed by atoms with Crippen molar-refractivity contribution in [3.8, 4) is 6.07 Å². The topological polar surface area (TPSA) is 52.9 Å². The van der Waals surface area contributed by atoms with Crippen molar-refractivity contribution in [2.24, 2.45) is 5.92 Å². The standard InChI is InChI=1S/C13H16N2O/c1-9-6-10(2)8-12(7-9)15-13(16)11(3)4-5-14/h6-8,11H,4H2,1-3H3,(H,15,16). The summed E-state index contributed by atoms with van der Waals surface area (Å²) in [7, 11) is 0. The van der Waals surface area contributed by atoms with E-state index >= 15 is 0 Å². The Morgan fingerprint density at radius 1 is 1.38 bits per heavy atom. The van der Waals surface area contributed by atoms with Crippen molar-refractivity contribution < 1.29 is 4.79 Å². The highest BCUT2D eigenvalue weighted by Gasteiger charge is 2.12. The zero-order chi connectivity index (χ0) is 12.1. The van der Waals surface area contributed by atoms with Gasteiger partial charge in [-0.2, -0.15) is 5.26 Å². The van der Waals surface area contributed by atoms with Gasteiger partial charge in [-0.05, 0) is 37.1 Å². The normalized spacial score (nSPS) is 11.6. The summed E-state index contributed by atoms with van der Waals surface area (Å²) in [5.41, 5.74) is 3.03. The summed E-state index contributed by atoms with van der Waals surface area (Å²) >= 11 is 0. The van der Waals surface area contributed by atoms with Gasteiger partial charge in [0.2, 0.25) is 5.91 Å². The Kier molecular flexibility index (Phi) is 4.07. The maximum absolute atomic E-state index is 11.7. The first-order chi connectivity index (χ1) is 7.52. The largest absolute Gasteiger partial charge is 0.326 e. The predicted molar refractivity (Wildman–Crippen MR) is 63.9 cm³/mol. The van der Waals surface area contributed by atoms with E-state index in [0.29, 0.717) is 0 Å². The van der Waals surface area contributed by atoms with Crippen LogP contribution in [0.5, 0.6) is 0 Å². The highest BCUT2D eigenvalue weighted by Crippen LogP contribution is 2.15. The van der Waals surface area contributed by atoms with Crippen LogP contribution in [-0.2, 0) is 4.79 Å². The molecule has 1 aromatic rings. The second-order valence-corrected chi connectivity index (χ2v) is 4.13. The van der Waals surface area contributed by atoms with Gasteiger partial charge in [0.15, 0.2) is 0 Å². The third-order valence-corrected chi connectivity index (χ3v) is 2.33. The van der Waals surface area contributed by atoms with Gasteiger partial charge in [-0.15, -0.1) is 0 Å². The minimum absolute atomic E-state index is 0.105. The molecule has 0 radical (unpaired) electrons. The van der Waals surface area contributed by atoms with Gasteiger partial charge in [-0.25, -0.2) is 0 Å². The van der Waals surface area contributed by atoms with Crippen LogP contribution in [0.25, 0.3) is 0 Å². The van der Waals surface area contributed by atoms with Crippen LogP contribution in [0.3, 0.4) is 0 Å². The average molecular weight is 216 g/mol. The molecule has 1 amide bonds. The number of nitrogens with zero attached hydrogens (tertiary/aromatic N) is 1. The van der Waals surface area contributed by atoms with Gasteiger partial charge in [-0.3, -0.25) is 4.79 Å². The number of rotatable bonds is 3. The van der Waals surface area contributed by atoms with Crippen LogP contribution < -0.4 is 5.32 Å². The SMILES string of the molecule is Cc1cc(C)cc(NC(=O)C(C)CC#N)c1. The molecule has 0 aromatic heterocycles. The molecule has 0 saturated carbocycles. The van der Waals surface area contributed by atoms with Gasteiger partial charge in [0.05, 0.1) is 6.07 Å². The number of hydrogen-bond donors (Lipinski definition) is 1. The lowest BCUT2D eigenvalue weighted by Gasteiger charge is -2.10. The molecule has 0 spiro atoms. The van der Waals surface area contributed by atoms with Crippen molar-refractivity contribution in [3.05, 3.63) is 29.3 Å². The van der Waals surface area contributed by atoms with Crippen molar-refractivity contribution in [2.75, 3.05) is 5.32 Å². The van der Waals surface area contributed by atoms with E-state index in [0.717, 1.165) is 16.8 Å². The number of hydrogen-bond acceptors (Lipinski definition) is 2. The third-order valence-electron chi connectivity index (χ3n) is 2.33. The molecule has 1 aromatic carbocycles. The Balaban J connectivity index is 2.73. The molecule has 0 aliphatic rings. The number of carbonyl (C=O) groups is 1. The van der Waals surface area contributed by atoms with Crippen LogP contribution in [0.1, 0.15) is 24.5 Å². The quantitative estimate of drug-likeness (QED) is 0.844. The van der Waals surface area contributed by atoms with Crippen LogP contribution in [0.15, 0.2) is 18.2 Å². The Morgan fingerprint density at radius 3 is 2.44 bits per heavy atom. The summed E-state index contributed by atoms with van der Waals surface area (Å²) in [5, 5.41) is 11.3. The van der Waals surface area contributed by atoms with Crippen LogP contribution in [0.4, 0.5) is 5.69 Å². The first-order valence-corrected chi connectivity index (χ1v) is 5.29. The van der Waals surface area contributed by atoms with E-state index in [9.17, 15) is 4.79 Å². The Labute approximate surface area is 96.1 Å². The second kappa shape index (κ2) is 5.32. The zero-order valence-corrected chi connectivity index (χ0v) is 9.87. The highest BCUT2D eigenvalue weighted by molar-refractivity contribution is 5.92. The second-order valence-electron chi connectivity index (χ2n) is 4.13. The van der Waals surface area contributed by atoms with Gasteiger partial charge in [0.25, 0.3) is 0 Å². The van der Waals surface area contributed by atoms with E-state index in [-0.39, 0.29) is 18.2 Å². The molecular weight excluding hydrogens is 200 g/mol. The van der Waals surface area contributed by atoms with E-state index in [1.807, 2.05) is 38.1 Å². The molecule has 0 saturated heterocycles. The summed E-state index contributed by atoms with van der Waals surface area (Å²) in [6.45, 7) is 5.73. The number of carbonyl (C=O) groups excluding carboxylic acids is 1. The number of nitrogens with one attached hydrogen (secondary N) is 1. The van der Waals surface area contributed by atoms with Crippen molar-refractivity contribution in [2.45, 2.75) is 27.2 Å². The lowest BCUT2D eigenvalue weighted by molar-refractivity contribution is -0.119. The van der Waals surface area contributed by atoms with E-state index < -0.39 is 0 Å². The van der Waals surface area contributed by atoms with E-state index in [2.05, 4.69) is 5.32 Å². The Bertz CT molecular complexity index is 412. The summed E-state index contributed by atoms with van der Waals surface area (Å²) in [6, 6.07) is 7.89. The molecule has 3 nitrogen and oxygen atoms in total. The van der Waals surface area contributed by atoms with Crippen molar-refractivity contribution in [1.29, 1.82) is 5.26 Å². The fourth-order valence-corrected chi connectivity index (χ4v) is 1.54. The third kappa shape index (κ3) is 3.39. The maximum atomic E-state index is 11.7. The molecule has 1 rings (SSSR count). The molecule has 0 aliphatic heterocycles. The number of aryl methyl sites for hydroxylation is 2. The summed E-state index contributed by atoms with van der Waals surface area (Å²) in [4.78, 5) is 11.7. The molecule has 3 heteroatoms. The van der Waals surface area contributed by atoms with Crippen molar-refractivity contribution in [1.82, 2.24) is 0 Å². The number of nitriles is 1. The monoisotopic (exact) mass is 216 g/mol. The fourth-order valence-electron chi connectivity index (χ4n) is 1.54. The lowest BCUT2D eigenvalue weighted by atomic mass is 10.1. The van der Waals surface area contributed by atoms with Gasteiger partial charge in [0.1, 0.15) is 0 Å². The van der Waals surface area contributed by atoms with Crippen molar-refractivity contribution in [3.63, 3.8) is 0 Å². The molecule has 0 heterocycles. The van der Waals surface area contributed by atoms with E-state index in [1.165, 1.54) is 0 Å². The Hall–Kier alpha value is -1.82. The molecule has 0 aliphatic carbocycles. The molecule has 1 N–H and O–H groups in total. The van der Waals surface area contributed by atoms with Crippen LogP contribution >= 0.6 is 0 Å². The molecule has 0 bridgehead atoms. The Morgan fingerprint density at radius 2 is 1.94 bits per heavy atom. The molecule has 1 atom stereocenters. The van der Waals surface area contributed by atoms with Crippen LogP contribution in [0.2, 0.25) is 0 Å². The van der Waals surface area contributed by atoms with Crippen molar-refractivity contribution >= 4 is 11.6 Å². The molecule has 0 fully saturated rings. The molecule has 84 valence electrons. The zero-order valence-electron chi connectivity index (χ0n) is 9.87. The van der Waals surface area contributed by atoms with E-state index in [1.54, 1.807) is 6.92 Å². The highest BCUT2D eigenvalue weighted by atomic mass is 16.1. The maximum Gasteiger partial charge on any atom is 0.228 e. The number of benzene rings is 1. The minimum Gasteiger partial charge on any atom is -0.326 e. The lowest BCUT2D eigenvalue weighted by Crippen LogP contribution is -2.20. The first kappa shape index (κ1) is 12.3. The van der Waals surface area contributed by atoms with E-state index in [4.69, 9.17) is 5.26 Å². The van der Waals surface area contributed by atoms with Gasteiger partial charge >= 0.3 is 0 Å². The van der Waals surface area contributed by atoms with Gasteiger partial charge in [-0.1, -0.05) is 13.0 Å². The number of anilines is 1. The minimum atomic E-state index is -0.272. The number of amides is 1. The molecule has 1 unspecified atom stereocenters. The van der Waals surface area contributed by atoms with Crippen LogP contribution in [-0.4, -0.2) is 5.91 Å². The summed E-state index contributed by atoms with van der Waals surface area (Å²) in [5.74, 6) is -0.377. The molecule has 16 heavy (non-hydrogen) atoms. The summed E-state index contributed by atoms with van der Waals surface area (Å²) < 4.78 is 0. The smallest absolute Gasteiger partial charge is 0.228 e. The van der Waals surface area contributed by atoms with Gasteiger partial charge in [0, 0.05) is 18.0 Å². The van der Waals surface area contributed by atoms with Crippen LogP contribution in [0, 0.1) is 31.1 Å². The van der Waals surface area contributed by atoms with Gasteiger partial charge < -0.3 is 5.32 Å². The fraction of sp³-hybridized carbons (Fsp3) is 0.385.